The van der Waals surface area contributed by atoms with Crippen LogP contribution in [0.25, 0.3) is 11.1 Å². The summed E-state index contributed by atoms with van der Waals surface area (Å²) >= 11 is 0. The molecule has 0 aliphatic rings. The van der Waals surface area contributed by atoms with Crippen LogP contribution in [-0.2, 0) is 16.6 Å². The lowest BCUT2D eigenvalue weighted by Gasteiger charge is -2.14. The van der Waals surface area contributed by atoms with Gasteiger partial charge in [0.15, 0.2) is 5.58 Å². The average molecular weight is 346 g/mol. The van der Waals surface area contributed by atoms with Gasteiger partial charge in [-0.2, -0.15) is 0 Å². The molecule has 7 heteroatoms. The van der Waals surface area contributed by atoms with E-state index < -0.39 is 15.8 Å². The van der Waals surface area contributed by atoms with Crippen LogP contribution in [-0.4, -0.2) is 13.0 Å². The summed E-state index contributed by atoms with van der Waals surface area (Å²) in [5.74, 6) is -0.493. The highest BCUT2D eigenvalue weighted by molar-refractivity contribution is 7.89. The van der Waals surface area contributed by atoms with Crippen molar-refractivity contribution in [1.29, 1.82) is 0 Å². The van der Waals surface area contributed by atoms with Crippen molar-refractivity contribution in [2.45, 2.75) is 31.3 Å². The average Bonchev–Trinajstić information content (AvgIpc) is 2.89. The Morgan fingerprint density at radius 1 is 1.17 bits per heavy atom. The van der Waals surface area contributed by atoms with Crippen molar-refractivity contribution < 1.29 is 12.8 Å². The van der Waals surface area contributed by atoms with Crippen molar-refractivity contribution in [2.75, 3.05) is 0 Å². The molecule has 1 aromatic heterocycles. The molecule has 0 aliphatic heterocycles. The molecule has 3 aromatic rings. The maximum absolute atomic E-state index is 12.6. The zero-order valence-electron chi connectivity index (χ0n) is 13.4. The smallest absolute Gasteiger partial charge is 0.408 e. The summed E-state index contributed by atoms with van der Waals surface area (Å²) in [7, 11) is -3.73. The quantitative estimate of drug-likeness (QED) is 0.770. The largest absolute Gasteiger partial charge is 0.419 e. The number of oxazole rings is 1. The SMILES string of the molecule is CCn1c(=O)oc2cc(S(=O)(=O)N[C@H](C)c3ccccc3)ccc21. The minimum atomic E-state index is -3.73. The number of aryl methyl sites for hydroxylation is 1. The molecule has 126 valence electrons. The number of hydrogen-bond acceptors (Lipinski definition) is 4. The summed E-state index contributed by atoms with van der Waals surface area (Å²) in [5.41, 5.74) is 1.71. The lowest BCUT2D eigenvalue weighted by molar-refractivity contribution is 0.512. The number of rotatable bonds is 5. The number of hydrogen-bond donors (Lipinski definition) is 1. The van der Waals surface area contributed by atoms with Crippen LogP contribution in [0.1, 0.15) is 25.5 Å². The van der Waals surface area contributed by atoms with Crippen molar-refractivity contribution >= 4 is 21.1 Å². The fourth-order valence-electron chi connectivity index (χ4n) is 2.62. The van der Waals surface area contributed by atoms with Crippen LogP contribution in [0, 0.1) is 0 Å². The first-order valence-electron chi connectivity index (χ1n) is 7.63. The molecular weight excluding hydrogens is 328 g/mol. The van der Waals surface area contributed by atoms with E-state index in [1.54, 1.807) is 13.0 Å². The van der Waals surface area contributed by atoms with Crippen molar-refractivity contribution in [1.82, 2.24) is 9.29 Å². The highest BCUT2D eigenvalue weighted by atomic mass is 32.2. The van der Waals surface area contributed by atoms with Gasteiger partial charge in [-0.05, 0) is 31.5 Å². The molecule has 3 rings (SSSR count). The minimum Gasteiger partial charge on any atom is -0.408 e. The summed E-state index contributed by atoms with van der Waals surface area (Å²) < 4.78 is 34.4. The second-order valence-corrected chi connectivity index (χ2v) is 7.21. The van der Waals surface area contributed by atoms with Crippen LogP contribution >= 0.6 is 0 Å². The van der Waals surface area contributed by atoms with E-state index in [0.29, 0.717) is 12.1 Å². The Balaban J connectivity index is 1.95. The zero-order chi connectivity index (χ0) is 17.3. The second-order valence-electron chi connectivity index (χ2n) is 5.50. The number of sulfonamides is 1. The van der Waals surface area contributed by atoms with Gasteiger partial charge < -0.3 is 4.42 Å². The van der Waals surface area contributed by atoms with Crippen LogP contribution in [0.4, 0.5) is 0 Å². The normalized spacial score (nSPS) is 13.2. The van der Waals surface area contributed by atoms with Gasteiger partial charge in [-0.3, -0.25) is 4.57 Å². The molecule has 0 bridgehead atoms. The van der Waals surface area contributed by atoms with Crippen molar-refractivity contribution in [3.05, 3.63) is 64.6 Å². The summed E-state index contributed by atoms with van der Waals surface area (Å²) in [6, 6.07) is 13.4. The maximum atomic E-state index is 12.6. The number of nitrogens with zero attached hydrogens (tertiary/aromatic N) is 1. The molecule has 1 heterocycles. The first kappa shape index (κ1) is 16.5. The second kappa shape index (κ2) is 6.26. The van der Waals surface area contributed by atoms with Gasteiger partial charge in [0.2, 0.25) is 10.0 Å². The molecule has 0 spiro atoms. The molecular formula is C17H18N2O4S. The minimum absolute atomic E-state index is 0.0646. The van der Waals surface area contributed by atoms with E-state index in [0.717, 1.165) is 5.56 Å². The van der Waals surface area contributed by atoms with Crippen LogP contribution in [0.2, 0.25) is 0 Å². The third-order valence-electron chi connectivity index (χ3n) is 3.90. The zero-order valence-corrected chi connectivity index (χ0v) is 14.2. The molecule has 1 N–H and O–H groups in total. The Kier molecular flexibility index (Phi) is 4.29. The number of benzene rings is 2. The van der Waals surface area contributed by atoms with Gasteiger partial charge in [-0.25, -0.2) is 17.9 Å². The highest BCUT2D eigenvalue weighted by Crippen LogP contribution is 2.21. The van der Waals surface area contributed by atoms with Crippen molar-refractivity contribution in [3.8, 4) is 0 Å². The molecule has 0 radical (unpaired) electrons. The topological polar surface area (TPSA) is 81.3 Å². The lowest BCUT2D eigenvalue weighted by Crippen LogP contribution is -2.26. The summed E-state index contributed by atoms with van der Waals surface area (Å²) in [6.07, 6.45) is 0. The predicted molar refractivity (Wildman–Crippen MR) is 91.3 cm³/mol. The number of nitrogens with one attached hydrogen (secondary N) is 1. The summed E-state index contributed by atoms with van der Waals surface area (Å²) in [6.45, 7) is 4.06. The molecule has 0 unspecified atom stereocenters. The van der Waals surface area contributed by atoms with Crippen molar-refractivity contribution in [3.63, 3.8) is 0 Å². The van der Waals surface area contributed by atoms with Crippen LogP contribution < -0.4 is 10.5 Å². The predicted octanol–water partition coefficient (Wildman–Crippen LogP) is 2.65. The molecule has 24 heavy (non-hydrogen) atoms. The summed E-state index contributed by atoms with van der Waals surface area (Å²) in [5, 5.41) is 0. The van der Waals surface area contributed by atoms with E-state index in [1.807, 2.05) is 37.3 Å². The molecule has 0 amide bonds. The van der Waals surface area contributed by atoms with E-state index in [-0.39, 0.29) is 16.5 Å². The Morgan fingerprint density at radius 3 is 2.54 bits per heavy atom. The Morgan fingerprint density at radius 2 is 1.88 bits per heavy atom. The Labute approximate surface area is 139 Å². The standard InChI is InChI=1S/C17H18N2O4S/c1-3-19-15-10-9-14(11-16(15)23-17(19)20)24(21,22)18-12(2)13-7-5-4-6-8-13/h4-12,18H,3H2,1-2H3/t12-/m1/s1. The fourth-order valence-corrected chi connectivity index (χ4v) is 3.87. The molecule has 0 aliphatic carbocycles. The third kappa shape index (κ3) is 3.00. The molecule has 0 saturated carbocycles. The van der Waals surface area contributed by atoms with E-state index in [4.69, 9.17) is 4.42 Å². The van der Waals surface area contributed by atoms with E-state index >= 15 is 0 Å². The monoisotopic (exact) mass is 346 g/mol. The third-order valence-corrected chi connectivity index (χ3v) is 5.44. The first-order chi connectivity index (χ1) is 11.4. The van der Waals surface area contributed by atoms with Gasteiger partial charge in [0, 0.05) is 18.7 Å². The van der Waals surface area contributed by atoms with Crippen molar-refractivity contribution in [2.24, 2.45) is 0 Å². The Hall–Kier alpha value is -2.38. The van der Waals surface area contributed by atoms with E-state index in [9.17, 15) is 13.2 Å². The van der Waals surface area contributed by atoms with Gasteiger partial charge in [0.05, 0.1) is 10.4 Å². The molecule has 1 atom stereocenters. The lowest BCUT2D eigenvalue weighted by atomic mass is 10.1. The van der Waals surface area contributed by atoms with Gasteiger partial charge in [-0.1, -0.05) is 30.3 Å². The maximum Gasteiger partial charge on any atom is 0.419 e. The van der Waals surface area contributed by atoms with Gasteiger partial charge in [-0.15, -0.1) is 0 Å². The van der Waals surface area contributed by atoms with E-state index in [1.165, 1.54) is 16.7 Å². The van der Waals surface area contributed by atoms with Crippen LogP contribution in [0.3, 0.4) is 0 Å². The number of aromatic nitrogens is 1. The molecule has 0 saturated heterocycles. The highest BCUT2D eigenvalue weighted by Gasteiger charge is 2.20. The van der Waals surface area contributed by atoms with Gasteiger partial charge >= 0.3 is 5.76 Å². The molecule has 2 aromatic carbocycles. The van der Waals surface area contributed by atoms with Gasteiger partial charge in [0.1, 0.15) is 0 Å². The van der Waals surface area contributed by atoms with Crippen LogP contribution in [0.15, 0.2) is 62.6 Å². The summed E-state index contributed by atoms with van der Waals surface area (Å²) in [4.78, 5) is 11.8. The molecule has 0 fully saturated rings. The van der Waals surface area contributed by atoms with E-state index in [2.05, 4.69) is 4.72 Å². The first-order valence-corrected chi connectivity index (χ1v) is 9.11. The van der Waals surface area contributed by atoms with Crippen LogP contribution in [0.5, 0.6) is 0 Å². The Bertz CT molecular complexity index is 1020. The fraction of sp³-hybridized carbons (Fsp3) is 0.235. The number of fused-ring (bicyclic) bond motifs is 1. The molecule has 6 nitrogen and oxygen atoms in total. The van der Waals surface area contributed by atoms with Gasteiger partial charge in [0.25, 0.3) is 0 Å².